The van der Waals surface area contributed by atoms with Gasteiger partial charge in [0.25, 0.3) is 11.8 Å². The quantitative estimate of drug-likeness (QED) is 0.792. The number of para-hydroxylation sites is 1. The number of anilines is 1. The molecule has 3 aromatic rings. The maximum atomic E-state index is 12.2. The van der Waals surface area contributed by atoms with Gasteiger partial charge in [-0.1, -0.05) is 17.2 Å². The topological polar surface area (TPSA) is 95.1 Å². The lowest BCUT2D eigenvalue weighted by molar-refractivity contribution is 0.101. The van der Waals surface area contributed by atoms with E-state index in [1.165, 1.54) is 4.68 Å². The zero-order valence-corrected chi connectivity index (χ0v) is 12.9. The fraction of sp³-hybridized carbons (Fsp3) is 0.200. The summed E-state index contributed by atoms with van der Waals surface area (Å²) in [6.45, 7) is 1.81. The van der Waals surface area contributed by atoms with Crippen molar-refractivity contribution in [3.63, 3.8) is 0 Å². The van der Waals surface area contributed by atoms with Crippen molar-refractivity contribution < 1.29 is 13.9 Å². The molecule has 23 heavy (non-hydrogen) atoms. The molecule has 1 aromatic carbocycles. The van der Waals surface area contributed by atoms with E-state index in [2.05, 4.69) is 20.6 Å². The molecule has 0 atom stereocenters. The summed E-state index contributed by atoms with van der Waals surface area (Å²) in [4.78, 5) is 12.2. The first-order valence-electron chi connectivity index (χ1n) is 6.87. The second-order valence-corrected chi connectivity index (χ2v) is 4.86. The van der Waals surface area contributed by atoms with Crippen molar-refractivity contribution in [3.05, 3.63) is 41.7 Å². The summed E-state index contributed by atoms with van der Waals surface area (Å²) < 4.78 is 12.2. The number of rotatable bonds is 4. The maximum Gasteiger partial charge on any atom is 0.322 e. The summed E-state index contributed by atoms with van der Waals surface area (Å²) in [7, 11) is 3.25. The van der Waals surface area contributed by atoms with Crippen LogP contribution in [-0.2, 0) is 7.05 Å². The standard InChI is InChI=1S/C15H15N5O3/c1-9-8-11(20(2)19-9)13(21)16-15-18-17-14(23-15)10-6-4-5-7-12(10)22-3/h4-8H,1-3H3,(H,16,18,21). The van der Waals surface area contributed by atoms with Crippen LogP contribution in [-0.4, -0.2) is 33.0 Å². The average Bonchev–Trinajstić information content (AvgIpc) is 3.13. The Kier molecular flexibility index (Phi) is 3.80. The van der Waals surface area contributed by atoms with Gasteiger partial charge in [0.2, 0.25) is 0 Å². The minimum absolute atomic E-state index is 0.00904. The predicted octanol–water partition coefficient (Wildman–Crippen LogP) is 2.04. The highest BCUT2D eigenvalue weighted by Crippen LogP contribution is 2.29. The van der Waals surface area contributed by atoms with Crippen LogP contribution in [0.25, 0.3) is 11.5 Å². The number of aryl methyl sites for hydroxylation is 2. The first-order valence-corrected chi connectivity index (χ1v) is 6.87. The normalized spacial score (nSPS) is 10.6. The Morgan fingerprint density at radius 2 is 2.09 bits per heavy atom. The van der Waals surface area contributed by atoms with Gasteiger partial charge in [0.05, 0.1) is 18.4 Å². The Balaban J connectivity index is 1.82. The predicted molar refractivity (Wildman–Crippen MR) is 82.2 cm³/mol. The zero-order chi connectivity index (χ0) is 16.4. The van der Waals surface area contributed by atoms with Crippen LogP contribution in [0.3, 0.4) is 0 Å². The lowest BCUT2D eigenvalue weighted by Crippen LogP contribution is -2.16. The molecule has 0 radical (unpaired) electrons. The Morgan fingerprint density at radius 1 is 1.30 bits per heavy atom. The number of carbonyl (C=O) groups excluding carboxylic acids is 1. The number of nitrogens with zero attached hydrogens (tertiary/aromatic N) is 4. The van der Waals surface area contributed by atoms with Gasteiger partial charge in [-0.2, -0.15) is 5.10 Å². The number of benzene rings is 1. The van der Waals surface area contributed by atoms with E-state index < -0.39 is 0 Å². The molecule has 0 aliphatic carbocycles. The highest BCUT2D eigenvalue weighted by Gasteiger charge is 2.17. The second kappa shape index (κ2) is 5.91. The molecule has 0 fully saturated rings. The van der Waals surface area contributed by atoms with Crippen LogP contribution < -0.4 is 10.1 Å². The van der Waals surface area contributed by atoms with E-state index in [1.54, 1.807) is 32.4 Å². The van der Waals surface area contributed by atoms with E-state index in [1.807, 2.05) is 19.1 Å². The molecule has 118 valence electrons. The molecule has 0 bridgehead atoms. The van der Waals surface area contributed by atoms with Crippen LogP contribution in [0.5, 0.6) is 5.75 Å². The molecular weight excluding hydrogens is 298 g/mol. The third-order valence-corrected chi connectivity index (χ3v) is 3.22. The van der Waals surface area contributed by atoms with Crippen molar-refractivity contribution in [1.82, 2.24) is 20.0 Å². The van der Waals surface area contributed by atoms with Crippen LogP contribution >= 0.6 is 0 Å². The molecule has 0 saturated carbocycles. The van der Waals surface area contributed by atoms with Gasteiger partial charge in [0, 0.05) is 7.05 Å². The number of carbonyl (C=O) groups is 1. The molecule has 3 rings (SSSR count). The van der Waals surface area contributed by atoms with Gasteiger partial charge in [-0.05, 0) is 25.1 Å². The first-order chi connectivity index (χ1) is 11.1. The van der Waals surface area contributed by atoms with Crippen LogP contribution in [0.1, 0.15) is 16.2 Å². The van der Waals surface area contributed by atoms with E-state index in [0.717, 1.165) is 5.69 Å². The number of nitrogens with one attached hydrogen (secondary N) is 1. The number of amides is 1. The molecular formula is C15H15N5O3. The van der Waals surface area contributed by atoms with E-state index in [0.29, 0.717) is 17.0 Å². The van der Waals surface area contributed by atoms with Crippen molar-refractivity contribution in [2.75, 3.05) is 12.4 Å². The molecule has 8 heteroatoms. The monoisotopic (exact) mass is 313 g/mol. The van der Waals surface area contributed by atoms with Crippen LogP contribution in [0, 0.1) is 6.92 Å². The van der Waals surface area contributed by atoms with Crippen molar-refractivity contribution >= 4 is 11.9 Å². The molecule has 2 heterocycles. The number of ether oxygens (including phenoxy) is 1. The smallest absolute Gasteiger partial charge is 0.322 e. The van der Waals surface area contributed by atoms with Crippen molar-refractivity contribution in [2.24, 2.45) is 7.05 Å². The SMILES string of the molecule is COc1ccccc1-c1nnc(NC(=O)c2cc(C)nn2C)o1. The van der Waals surface area contributed by atoms with Gasteiger partial charge in [0.15, 0.2) is 0 Å². The number of methoxy groups -OCH3 is 1. The number of hydrogen-bond donors (Lipinski definition) is 1. The molecule has 0 spiro atoms. The molecule has 0 saturated heterocycles. The van der Waals surface area contributed by atoms with Gasteiger partial charge < -0.3 is 9.15 Å². The molecule has 0 aliphatic heterocycles. The Morgan fingerprint density at radius 3 is 2.78 bits per heavy atom. The van der Waals surface area contributed by atoms with E-state index >= 15 is 0 Å². The van der Waals surface area contributed by atoms with Crippen LogP contribution in [0.4, 0.5) is 6.01 Å². The average molecular weight is 313 g/mol. The molecule has 8 nitrogen and oxygen atoms in total. The second-order valence-electron chi connectivity index (χ2n) is 4.86. The summed E-state index contributed by atoms with van der Waals surface area (Å²) in [5.74, 6) is 0.499. The van der Waals surface area contributed by atoms with Gasteiger partial charge in [0.1, 0.15) is 11.4 Å². The molecule has 2 aromatic heterocycles. The zero-order valence-electron chi connectivity index (χ0n) is 12.9. The van der Waals surface area contributed by atoms with E-state index in [-0.39, 0.29) is 17.8 Å². The lowest BCUT2D eigenvalue weighted by atomic mass is 10.2. The maximum absolute atomic E-state index is 12.2. The third-order valence-electron chi connectivity index (χ3n) is 3.22. The van der Waals surface area contributed by atoms with Gasteiger partial charge in [-0.25, -0.2) is 0 Å². The minimum Gasteiger partial charge on any atom is -0.496 e. The summed E-state index contributed by atoms with van der Waals surface area (Å²) in [6, 6.07) is 8.94. The highest BCUT2D eigenvalue weighted by molar-refractivity contribution is 6.01. The van der Waals surface area contributed by atoms with Gasteiger partial charge >= 0.3 is 6.01 Å². The summed E-state index contributed by atoms with van der Waals surface area (Å²) in [5.41, 5.74) is 1.80. The van der Waals surface area contributed by atoms with Crippen molar-refractivity contribution in [2.45, 2.75) is 6.92 Å². The Labute approximate surface area is 132 Å². The largest absolute Gasteiger partial charge is 0.496 e. The van der Waals surface area contributed by atoms with E-state index in [4.69, 9.17) is 9.15 Å². The Hall–Kier alpha value is -3.16. The number of aromatic nitrogens is 4. The first kappa shape index (κ1) is 14.8. The molecule has 1 amide bonds. The van der Waals surface area contributed by atoms with Crippen LogP contribution in [0.15, 0.2) is 34.7 Å². The molecule has 1 N–H and O–H groups in total. The highest BCUT2D eigenvalue weighted by atomic mass is 16.5. The summed E-state index contributed by atoms with van der Waals surface area (Å²) in [6.07, 6.45) is 0. The minimum atomic E-state index is -0.372. The summed E-state index contributed by atoms with van der Waals surface area (Å²) in [5, 5.41) is 14.5. The molecule has 0 unspecified atom stereocenters. The Bertz CT molecular complexity index is 852. The van der Waals surface area contributed by atoms with Gasteiger partial charge in [-0.3, -0.25) is 14.8 Å². The summed E-state index contributed by atoms with van der Waals surface area (Å²) >= 11 is 0. The van der Waals surface area contributed by atoms with Gasteiger partial charge in [-0.15, -0.1) is 5.10 Å². The number of hydrogen-bond acceptors (Lipinski definition) is 6. The van der Waals surface area contributed by atoms with Crippen molar-refractivity contribution in [1.29, 1.82) is 0 Å². The van der Waals surface area contributed by atoms with E-state index in [9.17, 15) is 4.79 Å². The van der Waals surface area contributed by atoms with Crippen LogP contribution in [0.2, 0.25) is 0 Å². The van der Waals surface area contributed by atoms with Crippen molar-refractivity contribution in [3.8, 4) is 17.2 Å². The third kappa shape index (κ3) is 2.91. The molecule has 0 aliphatic rings. The fourth-order valence-corrected chi connectivity index (χ4v) is 2.19. The fourth-order valence-electron chi connectivity index (χ4n) is 2.19. The lowest BCUT2D eigenvalue weighted by Gasteiger charge is -2.03.